The highest BCUT2D eigenvalue weighted by molar-refractivity contribution is 5.82. The van der Waals surface area contributed by atoms with Crippen molar-refractivity contribution < 1.29 is 15.0 Å². The fraction of sp³-hybridized carbons (Fsp3) is 0.500. The monoisotopic (exact) mass is 249 g/mol. The third kappa shape index (κ3) is 2.26. The summed E-state index contributed by atoms with van der Waals surface area (Å²) >= 11 is 0. The van der Waals surface area contributed by atoms with Crippen LogP contribution in [0.1, 0.15) is 18.5 Å². The van der Waals surface area contributed by atoms with Crippen LogP contribution in [0.25, 0.3) is 0 Å². The molecule has 1 saturated heterocycles. The average molecular weight is 249 g/mol. The van der Waals surface area contributed by atoms with Gasteiger partial charge in [0.25, 0.3) is 0 Å². The van der Waals surface area contributed by atoms with E-state index in [9.17, 15) is 15.0 Å². The molecule has 0 aliphatic carbocycles. The Balaban J connectivity index is 2.17. The quantitative estimate of drug-likeness (QED) is 0.830. The molecule has 1 aromatic carbocycles. The van der Waals surface area contributed by atoms with E-state index in [2.05, 4.69) is 0 Å². The van der Waals surface area contributed by atoms with Crippen molar-refractivity contribution in [3.05, 3.63) is 35.9 Å². The van der Waals surface area contributed by atoms with Crippen molar-refractivity contribution in [2.45, 2.75) is 13.0 Å². The number of nitrogens with zero attached hydrogens (tertiary/aromatic N) is 1. The number of benzene rings is 1. The van der Waals surface area contributed by atoms with Crippen LogP contribution in [0.3, 0.4) is 0 Å². The zero-order valence-electron chi connectivity index (χ0n) is 10.5. The summed E-state index contributed by atoms with van der Waals surface area (Å²) in [5, 5.41) is 18.5. The molecule has 1 aromatic rings. The summed E-state index contributed by atoms with van der Waals surface area (Å²) in [5.74, 6) is -0.678. The molecule has 0 spiro atoms. The number of aliphatic hydroxyl groups excluding tert-OH is 2. The predicted octanol–water partition coefficient (Wildman–Crippen LogP) is 0.807. The van der Waals surface area contributed by atoms with Crippen molar-refractivity contribution in [2.75, 3.05) is 19.8 Å². The summed E-state index contributed by atoms with van der Waals surface area (Å²) in [6.07, 6.45) is 0. The summed E-state index contributed by atoms with van der Waals surface area (Å²) in [7, 11) is 0. The first-order valence-corrected chi connectivity index (χ1v) is 6.26. The van der Waals surface area contributed by atoms with Crippen LogP contribution >= 0.6 is 0 Å². The molecule has 3 atom stereocenters. The molecule has 0 radical (unpaired) electrons. The Hall–Kier alpha value is -1.39. The topological polar surface area (TPSA) is 60.8 Å². The highest BCUT2D eigenvalue weighted by atomic mass is 16.3. The van der Waals surface area contributed by atoms with Crippen molar-refractivity contribution in [1.82, 2.24) is 4.90 Å². The zero-order valence-corrected chi connectivity index (χ0v) is 10.5. The fourth-order valence-corrected chi connectivity index (χ4v) is 2.56. The van der Waals surface area contributed by atoms with Crippen LogP contribution in [-0.2, 0) is 4.79 Å². The normalized spacial score (nSPS) is 25.5. The SMILES string of the molecule is CC(c1ccccc1)N1CC(CO)C(CO)C1=O. The Morgan fingerprint density at radius 3 is 2.44 bits per heavy atom. The predicted molar refractivity (Wildman–Crippen MR) is 67.7 cm³/mol. The Morgan fingerprint density at radius 2 is 1.94 bits per heavy atom. The van der Waals surface area contributed by atoms with E-state index in [1.807, 2.05) is 37.3 Å². The van der Waals surface area contributed by atoms with Crippen LogP contribution in [0.2, 0.25) is 0 Å². The molecule has 1 fully saturated rings. The van der Waals surface area contributed by atoms with Crippen LogP contribution in [0.5, 0.6) is 0 Å². The second-order valence-corrected chi connectivity index (χ2v) is 4.81. The Labute approximate surface area is 107 Å². The number of carbonyl (C=O) groups is 1. The number of hydrogen-bond donors (Lipinski definition) is 2. The highest BCUT2D eigenvalue weighted by Gasteiger charge is 2.41. The molecular formula is C14H19NO3. The third-order valence-corrected chi connectivity index (χ3v) is 3.78. The van der Waals surface area contributed by atoms with E-state index in [-0.39, 0.29) is 31.1 Å². The van der Waals surface area contributed by atoms with Crippen molar-refractivity contribution in [2.24, 2.45) is 11.8 Å². The molecule has 1 amide bonds. The first-order chi connectivity index (χ1) is 8.69. The number of carbonyl (C=O) groups excluding carboxylic acids is 1. The largest absolute Gasteiger partial charge is 0.396 e. The van der Waals surface area contributed by atoms with Crippen molar-refractivity contribution in [1.29, 1.82) is 0 Å². The van der Waals surface area contributed by atoms with Crippen LogP contribution in [-0.4, -0.2) is 40.8 Å². The second kappa shape index (κ2) is 5.50. The van der Waals surface area contributed by atoms with Gasteiger partial charge in [0.2, 0.25) is 5.91 Å². The summed E-state index contributed by atoms with van der Waals surface area (Å²) < 4.78 is 0. The maximum atomic E-state index is 12.2. The van der Waals surface area contributed by atoms with Crippen LogP contribution < -0.4 is 0 Å². The summed E-state index contributed by atoms with van der Waals surface area (Å²) in [4.78, 5) is 13.9. The van der Waals surface area contributed by atoms with Gasteiger partial charge in [-0.15, -0.1) is 0 Å². The minimum Gasteiger partial charge on any atom is -0.396 e. The summed E-state index contributed by atoms with van der Waals surface area (Å²) in [5.41, 5.74) is 1.07. The molecule has 98 valence electrons. The van der Waals surface area contributed by atoms with Crippen molar-refractivity contribution in [3.63, 3.8) is 0 Å². The fourth-order valence-electron chi connectivity index (χ4n) is 2.56. The van der Waals surface area contributed by atoms with Gasteiger partial charge < -0.3 is 15.1 Å². The molecule has 4 heteroatoms. The van der Waals surface area contributed by atoms with Gasteiger partial charge in [-0.25, -0.2) is 0 Å². The molecule has 1 aliphatic heterocycles. The maximum Gasteiger partial charge on any atom is 0.228 e. The maximum absolute atomic E-state index is 12.2. The number of hydrogen-bond acceptors (Lipinski definition) is 3. The van der Waals surface area contributed by atoms with E-state index in [4.69, 9.17) is 0 Å². The average Bonchev–Trinajstić information content (AvgIpc) is 2.75. The van der Waals surface area contributed by atoms with E-state index < -0.39 is 5.92 Å². The molecule has 4 nitrogen and oxygen atoms in total. The number of rotatable bonds is 4. The van der Waals surface area contributed by atoms with Crippen LogP contribution in [0.15, 0.2) is 30.3 Å². The van der Waals surface area contributed by atoms with Gasteiger partial charge in [0, 0.05) is 19.1 Å². The van der Waals surface area contributed by atoms with E-state index in [0.29, 0.717) is 6.54 Å². The minimum atomic E-state index is -0.457. The molecule has 1 heterocycles. The molecule has 2 N–H and O–H groups in total. The molecule has 18 heavy (non-hydrogen) atoms. The Bertz CT molecular complexity index is 407. The first-order valence-electron chi connectivity index (χ1n) is 6.26. The zero-order chi connectivity index (χ0) is 13.1. The molecule has 0 aromatic heterocycles. The summed E-state index contributed by atoms with van der Waals surface area (Å²) in [6.45, 7) is 2.23. The molecule has 1 aliphatic rings. The van der Waals surface area contributed by atoms with Crippen molar-refractivity contribution >= 4 is 5.91 Å². The van der Waals surface area contributed by atoms with Crippen LogP contribution in [0.4, 0.5) is 0 Å². The number of amides is 1. The molecule has 0 bridgehead atoms. The minimum absolute atomic E-state index is 0.0238. The van der Waals surface area contributed by atoms with E-state index in [1.54, 1.807) is 4.90 Å². The van der Waals surface area contributed by atoms with Gasteiger partial charge in [-0.2, -0.15) is 0 Å². The van der Waals surface area contributed by atoms with E-state index in [1.165, 1.54) is 0 Å². The van der Waals surface area contributed by atoms with E-state index in [0.717, 1.165) is 5.56 Å². The van der Waals surface area contributed by atoms with E-state index >= 15 is 0 Å². The standard InChI is InChI=1S/C14H19NO3/c1-10(11-5-3-2-4-6-11)15-7-12(8-16)13(9-17)14(15)18/h2-6,10,12-13,16-17H,7-9H2,1H3. The lowest BCUT2D eigenvalue weighted by atomic mass is 9.98. The van der Waals surface area contributed by atoms with Crippen molar-refractivity contribution in [3.8, 4) is 0 Å². The number of likely N-dealkylation sites (tertiary alicyclic amines) is 1. The van der Waals surface area contributed by atoms with Gasteiger partial charge in [0.05, 0.1) is 18.6 Å². The Morgan fingerprint density at radius 1 is 1.28 bits per heavy atom. The lowest BCUT2D eigenvalue weighted by Crippen LogP contribution is -2.31. The lowest BCUT2D eigenvalue weighted by Gasteiger charge is -2.25. The molecule has 2 rings (SSSR count). The van der Waals surface area contributed by atoms with Gasteiger partial charge in [-0.05, 0) is 12.5 Å². The molecule has 3 unspecified atom stereocenters. The van der Waals surface area contributed by atoms with Gasteiger partial charge >= 0.3 is 0 Å². The third-order valence-electron chi connectivity index (χ3n) is 3.78. The van der Waals surface area contributed by atoms with Crippen LogP contribution in [0, 0.1) is 11.8 Å². The first kappa shape index (κ1) is 13.1. The smallest absolute Gasteiger partial charge is 0.228 e. The lowest BCUT2D eigenvalue weighted by molar-refractivity contribution is -0.134. The summed E-state index contributed by atoms with van der Waals surface area (Å²) in [6, 6.07) is 9.77. The van der Waals surface area contributed by atoms with Gasteiger partial charge in [0.1, 0.15) is 0 Å². The molecular weight excluding hydrogens is 230 g/mol. The number of aliphatic hydroxyl groups is 2. The van der Waals surface area contributed by atoms with Gasteiger partial charge in [-0.3, -0.25) is 4.79 Å². The Kier molecular flexibility index (Phi) is 3.99. The van der Waals surface area contributed by atoms with Gasteiger partial charge in [0.15, 0.2) is 0 Å². The second-order valence-electron chi connectivity index (χ2n) is 4.81. The van der Waals surface area contributed by atoms with Gasteiger partial charge in [-0.1, -0.05) is 30.3 Å². The molecule has 0 saturated carbocycles. The highest BCUT2D eigenvalue weighted by Crippen LogP contribution is 2.31.